The molecule has 1 aliphatic rings. The van der Waals surface area contributed by atoms with E-state index >= 15 is 0 Å². The van der Waals surface area contributed by atoms with Crippen LogP contribution < -0.4 is 15.5 Å². The van der Waals surface area contributed by atoms with E-state index in [1.54, 1.807) is 0 Å². The van der Waals surface area contributed by atoms with Crippen LogP contribution in [-0.4, -0.2) is 43.7 Å². The first-order valence-electron chi connectivity index (χ1n) is 9.84. The van der Waals surface area contributed by atoms with Crippen LogP contribution in [0.4, 0.5) is 5.82 Å². The Morgan fingerprint density at radius 3 is 2.41 bits per heavy atom. The Hall–Kier alpha value is -2.56. The predicted molar refractivity (Wildman–Crippen MR) is 114 cm³/mol. The molecule has 1 fully saturated rings. The number of aryl methyl sites for hydroxylation is 2. The van der Waals surface area contributed by atoms with Gasteiger partial charge in [0.05, 0.1) is 0 Å². The number of aromatic nitrogens is 1. The molecule has 0 bridgehead atoms. The second-order valence-electron chi connectivity index (χ2n) is 7.33. The highest BCUT2D eigenvalue weighted by Crippen LogP contribution is 2.18. The zero-order chi connectivity index (χ0) is 19.1. The summed E-state index contributed by atoms with van der Waals surface area (Å²) in [6, 6.07) is 13.4. The Labute approximate surface area is 162 Å². The number of nitrogens with zero attached hydrogens (tertiary/aromatic N) is 3. The molecule has 2 heterocycles. The fourth-order valence-electron chi connectivity index (χ4n) is 3.37. The van der Waals surface area contributed by atoms with Gasteiger partial charge in [0.25, 0.3) is 0 Å². The monoisotopic (exact) mass is 365 g/mol. The molecule has 0 saturated carbocycles. The number of anilines is 1. The topological polar surface area (TPSA) is 52.6 Å². The van der Waals surface area contributed by atoms with Gasteiger partial charge >= 0.3 is 0 Å². The summed E-state index contributed by atoms with van der Waals surface area (Å²) in [6.45, 7) is 7.12. The number of nitrogens with one attached hydrogen (secondary N) is 2. The summed E-state index contributed by atoms with van der Waals surface area (Å²) in [5.41, 5.74) is 3.86. The van der Waals surface area contributed by atoms with E-state index < -0.39 is 0 Å². The number of hydrogen-bond donors (Lipinski definition) is 2. The largest absolute Gasteiger partial charge is 0.356 e. The summed E-state index contributed by atoms with van der Waals surface area (Å²) >= 11 is 0. The lowest BCUT2D eigenvalue weighted by Crippen LogP contribution is -2.49. The molecule has 0 unspecified atom stereocenters. The zero-order valence-electron chi connectivity index (χ0n) is 16.7. The first-order chi connectivity index (χ1) is 13.1. The van der Waals surface area contributed by atoms with Crippen LogP contribution in [0.2, 0.25) is 0 Å². The summed E-state index contributed by atoms with van der Waals surface area (Å²) in [7, 11) is 1.84. The van der Waals surface area contributed by atoms with E-state index in [2.05, 4.69) is 75.8 Å². The van der Waals surface area contributed by atoms with Gasteiger partial charge in [-0.2, -0.15) is 0 Å². The lowest BCUT2D eigenvalue weighted by atomic mass is 10.1. The Morgan fingerprint density at radius 2 is 1.78 bits per heavy atom. The maximum absolute atomic E-state index is 4.55. The van der Waals surface area contributed by atoms with Crippen LogP contribution in [0.25, 0.3) is 0 Å². The third-order valence-electron chi connectivity index (χ3n) is 5.11. The van der Waals surface area contributed by atoms with Gasteiger partial charge in [-0.1, -0.05) is 35.9 Å². The fourth-order valence-corrected chi connectivity index (χ4v) is 3.37. The Kier molecular flexibility index (Phi) is 6.69. The van der Waals surface area contributed by atoms with E-state index in [1.807, 2.05) is 13.2 Å². The van der Waals surface area contributed by atoms with Crippen molar-refractivity contribution in [3.63, 3.8) is 0 Å². The van der Waals surface area contributed by atoms with Crippen LogP contribution >= 0.6 is 0 Å². The molecule has 0 amide bonds. The van der Waals surface area contributed by atoms with Crippen molar-refractivity contribution in [2.45, 2.75) is 39.2 Å². The van der Waals surface area contributed by atoms with Crippen LogP contribution in [0.5, 0.6) is 0 Å². The molecule has 1 aromatic heterocycles. The predicted octanol–water partition coefficient (Wildman–Crippen LogP) is 3.07. The molecule has 0 aliphatic carbocycles. The zero-order valence-corrected chi connectivity index (χ0v) is 16.7. The van der Waals surface area contributed by atoms with Crippen molar-refractivity contribution in [2.75, 3.05) is 31.6 Å². The smallest absolute Gasteiger partial charge is 0.191 e. The molecule has 27 heavy (non-hydrogen) atoms. The van der Waals surface area contributed by atoms with Gasteiger partial charge in [-0.05, 0) is 50.3 Å². The number of benzene rings is 1. The summed E-state index contributed by atoms with van der Waals surface area (Å²) in [5.74, 6) is 1.98. The Bertz CT molecular complexity index is 728. The van der Waals surface area contributed by atoms with E-state index in [-0.39, 0.29) is 0 Å². The summed E-state index contributed by atoms with van der Waals surface area (Å²) in [4.78, 5) is 11.3. The first-order valence-corrected chi connectivity index (χ1v) is 9.84. The van der Waals surface area contributed by atoms with E-state index in [4.69, 9.17) is 0 Å². The lowest BCUT2D eigenvalue weighted by Gasteiger charge is -2.33. The quantitative estimate of drug-likeness (QED) is 0.632. The highest BCUT2D eigenvalue weighted by atomic mass is 15.2. The molecule has 1 aromatic carbocycles. The van der Waals surface area contributed by atoms with Gasteiger partial charge < -0.3 is 15.5 Å². The Morgan fingerprint density at radius 1 is 1.07 bits per heavy atom. The maximum Gasteiger partial charge on any atom is 0.191 e. The number of guanidine groups is 1. The standard InChI is InChI=1S/C22H31N5/c1-17-4-7-19(8-5-17)10-13-24-22(23-3)26-20-11-14-27(15-12-20)21-9-6-18(2)16-25-21/h4-9,16,20H,10-15H2,1-3H3,(H2,23,24,26). The molecular formula is C22H31N5. The average molecular weight is 366 g/mol. The average Bonchev–Trinajstić information content (AvgIpc) is 2.70. The molecule has 5 heteroatoms. The van der Waals surface area contributed by atoms with Crippen molar-refractivity contribution in [3.8, 4) is 0 Å². The first kappa shape index (κ1) is 19.2. The minimum absolute atomic E-state index is 0.456. The molecule has 0 radical (unpaired) electrons. The molecule has 2 N–H and O–H groups in total. The molecule has 1 aliphatic heterocycles. The number of piperidine rings is 1. The van der Waals surface area contributed by atoms with Gasteiger partial charge in [-0.15, -0.1) is 0 Å². The second kappa shape index (κ2) is 9.40. The minimum atomic E-state index is 0.456. The van der Waals surface area contributed by atoms with Crippen molar-refractivity contribution in [1.82, 2.24) is 15.6 Å². The van der Waals surface area contributed by atoms with Crippen LogP contribution in [0, 0.1) is 13.8 Å². The van der Waals surface area contributed by atoms with Crippen molar-refractivity contribution in [2.24, 2.45) is 4.99 Å². The molecule has 2 aromatic rings. The normalized spacial score (nSPS) is 15.7. The summed E-state index contributed by atoms with van der Waals surface area (Å²) < 4.78 is 0. The van der Waals surface area contributed by atoms with Crippen LogP contribution in [0.15, 0.2) is 47.6 Å². The third kappa shape index (κ3) is 5.71. The van der Waals surface area contributed by atoms with E-state index in [0.29, 0.717) is 6.04 Å². The van der Waals surface area contributed by atoms with Crippen LogP contribution in [0.3, 0.4) is 0 Å². The number of aliphatic imine (C=N–C) groups is 1. The molecule has 3 rings (SSSR count). The lowest BCUT2D eigenvalue weighted by molar-refractivity contribution is 0.459. The molecule has 5 nitrogen and oxygen atoms in total. The highest BCUT2D eigenvalue weighted by Gasteiger charge is 2.20. The second-order valence-corrected chi connectivity index (χ2v) is 7.33. The fraction of sp³-hybridized carbons (Fsp3) is 0.455. The number of hydrogen-bond acceptors (Lipinski definition) is 3. The van der Waals surface area contributed by atoms with E-state index in [0.717, 1.165) is 50.7 Å². The molecular weight excluding hydrogens is 334 g/mol. The molecule has 0 atom stereocenters. The van der Waals surface area contributed by atoms with Crippen molar-refractivity contribution in [1.29, 1.82) is 0 Å². The number of rotatable bonds is 5. The maximum atomic E-state index is 4.55. The summed E-state index contributed by atoms with van der Waals surface area (Å²) in [5, 5.41) is 7.02. The third-order valence-corrected chi connectivity index (χ3v) is 5.11. The van der Waals surface area contributed by atoms with Gasteiger partial charge in [-0.3, -0.25) is 4.99 Å². The van der Waals surface area contributed by atoms with Gasteiger partial charge in [0.1, 0.15) is 5.82 Å². The van der Waals surface area contributed by atoms with Gasteiger partial charge in [-0.25, -0.2) is 4.98 Å². The van der Waals surface area contributed by atoms with E-state index in [9.17, 15) is 0 Å². The van der Waals surface area contributed by atoms with Crippen molar-refractivity contribution < 1.29 is 0 Å². The van der Waals surface area contributed by atoms with E-state index in [1.165, 1.54) is 16.7 Å². The van der Waals surface area contributed by atoms with Crippen LogP contribution in [0.1, 0.15) is 29.5 Å². The molecule has 144 valence electrons. The van der Waals surface area contributed by atoms with Crippen LogP contribution in [-0.2, 0) is 6.42 Å². The van der Waals surface area contributed by atoms with Crippen molar-refractivity contribution in [3.05, 3.63) is 59.3 Å². The highest BCUT2D eigenvalue weighted by molar-refractivity contribution is 5.80. The molecule has 1 saturated heterocycles. The number of pyridine rings is 1. The minimum Gasteiger partial charge on any atom is -0.356 e. The Balaban J connectivity index is 1.41. The van der Waals surface area contributed by atoms with Gasteiger partial charge in [0, 0.05) is 38.9 Å². The van der Waals surface area contributed by atoms with Gasteiger partial charge in [0.15, 0.2) is 5.96 Å². The van der Waals surface area contributed by atoms with Gasteiger partial charge in [0.2, 0.25) is 0 Å². The van der Waals surface area contributed by atoms with Crippen molar-refractivity contribution >= 4 is 11.8 Å². The summed E-state index contributed by atoms with van der Waals surface area (Å²) in [6.07, 6.45) is 5.13. The molecule has 0 spiro atoms. The SMILES string of the molecule is CN=C(NCCc1ccc(C)cc1)NC1CCN(c2ccc(C)cn2)CC1.